The Morgan fingerprint density at radius 1 is 0.889 bits per heavy atom. The molecule has 2 aliphatic carbocycles. The van der Waals surface area contributed by atoms with E-state index in [1.54, 1.807) is 0 Å². The van der Waals surface area contributed by atoms with Gasteiger partial charge in [-0.05, 0) is 37.2 Å². The van der Waals surface area contributed by atoms with E-state index in [9.17, 15) is 0 Å². The van der Waals surface area contributed by atoms with Crippen LogP contribution in [0.1, 0.15) is 50.5 Å². The molecule has 0 amide bonds. The van der Waals surface area contributed by atoms with Gasteiger partial charge in [-0.25, -0.2) is 0 Å². The highest BCUT2D eigenvalue weighted by molar-refractivity contribution is 5.14. The molecule has 0 spiro atoms. The summed E-state index contributed by atoms with van der Waals surface area (Å²) in [7, 11) is 0. The van der Waals surface area contributed by atoms with Gasteiger partial charge in [0.05, 0.1) is 0 Å². The monoisotopic (exact) mass is 243 g/mol. The topological polar surface area (TPSA) is 3.24 Å². The summed E-state index contributed by atoms with van der Waals surface area (Å²) < 4.78 is 0. The lowest BCUT2D eigenvalue weighted by Crippen LogP contribution is -2.37. The Kier molecular flexibility index (Phi) is 3.99. The molecule has 0 atom stereocenters. The van der Waals surface area contributed by atoms with Gasteiger partial charge in [-0.2, -0.15) is 0 Å². The Morgan fingerprint density at radius 2 is 1.61 bits per heavy atom. The molecule has 2 fully saturated rings. The molecule has 1 nitrogen and oxygen atoms in total. The van der Waals surface area contributed by atoms with Gasteiger partial charge in [-0.3, -0.25) is 4.90 Å². The number of hydrogen-bond acceptors (Lipinski definition) is 1. The molecule has 3 rings (SSSR count). The molecule has 0 N–H and O–H groups in total. The molecule has 0 unspecified atom stereocenters. The van der Waals surface area contributed by atoms with Crippen LogP contribution in [-0.4, -0.2) is 17.5 Å². The van der Waals surface area contributed by atoms with Crippen molar-refractivity contribution in [3.8, 4) is 0 Å². The maximum absolute atomic E-state index is 2.78. The molecule has 2 saturated carbocycles. The Labute approximate surface area is 111 Å². The lowest BCUT2D eigenvalue weighted by Gasteiger charge is -2.34. The van der Waals surface area contributed by atoms with Crippen molar-refractivity contribution in [1.82, 2.24) is 4.90 Å². The molecule has 0 radical (unpaired) electrons. The Bertz CT molecular complexity index is 349. The fourth-order valence-electron chi connectivity index (χ4n) is 3.24. The number of nitrogens with zero attached hydrogens (tertiary/aromatic N) is 1. The van der Waals surface area contributed by atoms with Crippen LogP contribution in [-0.2, 0) is 6.54 Å². The van der Waals surface area contributed by atoms with E-state index in [2.05, 4.69) is 35.2 Å². The maximum atomic E-state index is 2.78. The second kappa shape index (κ2) is 5.88. The van der Waals surface area contributed by atoms with E-state index in [1.807, 2.05) is 0 Å². The van der Waals surface area contributed by atoms with Gasteiger partial charge in [0.25, 0.3) is 0 Å². The van der Waals surface area contributed by atoms with Gasteiger partial charge >= 0.3 is 0 Å². The maximum Gasteiger partial charge on any atom is 0.0236 e. The number of benzene rings is 1. The van der Waals surface area contributed by atoms with Crippen LogP contribution < -0.4 is 0 Å². The molecule has 0 saturated heterocycles. The summed E-state index contributed by atoms with van der Waals surface area (Å²) in [6, 6.07) is 11.9. The van der Waals surface area contributed by atoms with Gasteiger partial charge in [0.15, 0.2) is 0 Å². The average molecular weight is 243 g/mol. The van der Waals surface area contributed by atoms with Gasteiger partial charge in [0, 0.05) is 19.1 Å². The molecule has 1 aromatic rings. The van der Waals surface area contributed by atoms with Crippen LogP contribution in [0, 0.1) is 5.92 Å². The fraction of sp³-hybridized carbons (Fsp3) is 0.647. The molecule has 0 bridgehead atoms. The first kappa shape index (κ1) is 12.2. The van der Waals surface area contributed by atoms with E-state index in [0.717, 1.165) is 12.0 Å². The second-order valence-corrected chi connectivity index (χ2v) is 6.15. The summed E-state index contributed by atoms with van der Waals surface area (Å²) in [6.45, 7) is 2.52. The first-order chi connectivity index (χ1) is 8.92. The zero-order chi connectivity index (χ0) is 12.2. The molecule has 18 heavy (non-hydrogen) atoms. The van der Waals surface area contributed by atoms with E-state index in [0.29, 0.717) is 0 Å². The third-order valence-corrected chi connectivity index (χ3v) is 4.51. The summed E-state index contributed by atoms with van der Waals surface area (Å²) in [4.78, 5) is 2.78. The van der Waals surface area contributed by atoms with Crippen LogP contribution in [0.4, 0.5) is 0 Å². The van der Waals surface area contributed by atoms with E-state index < -0.39 is 0 Å². The third-order valence-electron chi connectivity index (χ3n) is 4.51. The van der Waals surface area contributed by atoms with Crippen LogP contribution in [0.3, 0.4) is 0 Å². The smallest absolute Gasteiger partial charge is 0.0236 e. The largest absolute Gasteiger partial charge is 0.296 e. The zero-order valence-electron chi connectivity index (χ0n) is 11.4. The normalized spacial score (nSPS) is 21.4. The minimum atomic E-state index is 0.861. The molecule has 0 heterocycles. The standard InChI is InChI=1S/C17H25N/c1-3-7-15(8-4-1)13-18(14-16-11-12-16)17-9-5-2-6-10-17/h1,3-4,7-8,16-17H,2,5-6,9-14H2. The number of hydrogen-bond donors (Lipinski definition) is 0. The summed E-state index contributed by atoms with van der Waals surface area (Å²) in [5, 5.41) is 0. The second-order valence-electron chi connectivity index (χ2n) is 6.15. The van der Waals surface area contributed by atoms with Crippen LogP contribution in [0.5, 0.6) is 0 Å². The van der Waals surface area contributed by atoms with Crippen molar-refractivity contribution in [2.45, 2.75) is 57.5 Å². The highest BCUT2D eigenvalue weighted by Crippen LogP contribution is 2.33. The van der Waals surface area contributed by atoms with Crippen LogP contribution in [0.15, 0.2) is 30.3 Å². The first-order valence-corrected chi connectivity index (χ1v) is 7.70. The van der Waals surface area contributed by atoms with Gasteiger partial charge in [-0.15, -0.1) is 0 Å². The molecule has 2 aliphatic rings. The molecular weight excluding hydrogens is 218 g/mol. The predicted molar refractivity (Wildman–Crippen MR) is 76.4 cm³/mol. The van der Waals surface area contributed by atoms with Gasteiger partial charge in [0.1, 0.15) is 0 Å². The summed E-state index contributed by atoms with van der Waals surface area (Å²) in [5.74, 6) is 1.01. The van der Waals surface area contributed by atoms with Gasteiger partial charge in [-0.1, -0.05) is 49.6 Å². The van der Waals surface area contributed by atoms with Crippen molar-refractivity contribution in [2.24, 2.45) is 5.92 Å². The highest BCUT2D eigenvalue weighted by Gasteiger charge is 2.28. The Balaban J connectivity index is 1.64. The summed E-state index contributed by atoms with van der Waals surface area (Å²) >= 11 is 0. The van der Waals surface area contributed by atoms with Crippen molar-refractivity contribution < 1.29 is 0 Å². The fourth-order valence-corrected chi connectivity index (χ4v) is 3.24. The van der Waals surface area contributed by atoms with Crippen molar-refractivity contribution >= 4 is 0 Å². The van der Waals surface area contributed by atoms with Crippen LogP contribution in [0.25, 0.3) is 0 Å². The minimum absolute atomic E-state index is 0.861. The first-order valence-electron chi connectivity index (χ1n) is 7.70. The predicted octanol–water partition coefficient (Wildman–Crippen LogP) is 4.23. The highest BCUT2D eigenvalue weighted by atomic mass is 15.2. The lowest BCUT2D eigenvalue weighted by molar-refractivity contribution is 0.141. The van der Waals surface area contributed by atoms with Crippen molar-refractivity contribution in [2.75, 3.05) is 6.54 Å². The van der Waals surface area contributed by atoms with E-state index in [-0.39, 0.29) is 0 Å². The van der Waals surface area contributed by atoms with Crippen LogP contribution in [0.2, 0.25) is 0 Å². The lowest BCUT2D eigenvalue weighted by atomic mass is 9.93. The quantitative estimate of drug-likeness (QED) is 0.748. The van der Waals surface area contributed by atoms with Crippen molar-refractivity contribution in [3.05, 3.63) is 35.9 Å². The third kappa shape index (κ3) is 3.35. The molecule has 1 heteroatoms. The number of rotatable bonds is 5. The molecule has 0 aliphatic heterocycles. The Morgan fingerprint density at radius 3 is 2.28 bits per heavy atom. The van der Waals surface area contributed by atoms with E-state index >= 15 is 0 Å². The SMILES string of the molecule is c1ccc(CN(CC2CC2)C2CCCCC2)cc1. The van der Waals surface area contributed by atoms with Crippen molar-refractivity contribution in [3.63, 3.8) is 0 Å². The van der Waals surface area contributed by atoms with Gasteiger partial charge < -0.3 is 0 Å². The van der Waals surface area contributed by atoms with E-state index in [1.165, 1.54) is 63.6 Å². The Hall–Kier alpha value is -0.820. The summed E-state index contributed by atoms with van der Waals surface area (Å²) in [6.07, 6.45) is 10.1. The van der Waals surface area contributed by atoms with Gasteiger partial charge in [0.2, 0.25) is 0 Å². The van der Waals surface area contributed by atoms with Crippen LogP contribution >= 0.6 is 0 Å². The average Bonchev–Trinajstić information content (AvgIpc) is 3.24. The molecule has 1 aromatic carbocycles. The minimum Gasteiger partial charge on any atom is -0.296 e. The molecule has 0 aromatic heterocycles. The van der Waals surface area contributed by atoms with E-state index in [4.69, 9.17) is 0 Å². The molecule has 98 valence electrons. The summed E-state index contributed by atoms with van der Waals surface area (Å²) in [5.41, 5.74) is 1.49. The molecular formula is C17H25N. The zero-order valence-corrected chi connectivity index (χ0v) is 11.4. The van der Waals surface area contributed by atoms with Crippen molar-refractivity contribution in [1.29, 1.82) is 0 Å².